The number of carbonyl (C=O) groups excluding carboxylic acids is 2. The van der Waals surface area contributed by atoms with Gasteiger partial charge in [0.2, 0.25) is 17.6 Å². The molecular weight excluding hydrogens is 484 g/mol. The largest absolute Gasteiger partial charge is 0.493 e. The van der Waals surface area contributed by atoms with Crippen LogP contribution in [0, 0.1) is 0 Å². The molecule has 0 unspecified atom stereocenters. The molecule has 1 aliphatic heterocycles. The lowest BCUT2D eigenvalue weighted by molar-refractivity contribution is -0.119. The van der Waals surface area contributed by atoms with Gasteiger partial charge in [0.1, 0.15) is 0 Å². The van der Waals surface area contributed by atoms with Crippen molar-refractivity contribution in [1.29, 1.82) is 0 Å². The summed E-state index contributed by atoms with van der Waals surface area (Å²) in [4.78, 5) is 34.0. The molecule has 2 aromatic carbocycles. The van der Waals surface area contributed by atoms with Crippen LogP contribution in [0.25, 0.3) is 22.5 Å². The number of aromatic nitrogens is 2. The van der Waals surface area contributed by atoms with Crippen molar-refractivity contribution in [2.45, 2.75) is 25.8 Å². The van der Waals surface area contributed by atoms with Crippen LogP contribution >= 0.6 is 0 Å². The Morgan fingerprint density at radius 1 is 0.895 bits per heavy atom. The van der Waals surface area contributed by atoms with Crippen LogP contribution in [0.2, 0.25) is 0 Å². The van der Waals surface area contributed by atoms with Gasteiger partial charge in [-0.3, -0.25) is 14.9 Å². The van der Waals surface area contributed by atoms with Crippen molar-refractivity contribution >= 4 is 17.8 Å². The van der Waals surface area contributed by atoms with E-state index in [0.29, 0.717) is 47.0 Å². The summed E-state index contributed by atoms with van der Waals surface area (Å²) >= 11 is 0. The molecule has 194 valence electrons. The third kappa shape index (κ3) is 4.58. The second-order valence-corrected chi connectivity index (χ2v) is 8.96. The molecule has 1 heterocycles. The lowest BCUT2D eigenvalue weighted by Crippen LogP contribution is -2.26. The molecule has 0 bridgehead atoms. The molecule has 0 saturated heterocycles. The average Bonchev–Trinajstić information content (AvgIpc) is 3.13. The summed E-state index contributed by atoms with van der Waals surface area (Å²) < 4.78 is 17.1. The maximum absolute atomic E-state index is 12.7. The monoisotopic (exact) mass is 512 g/mol. The SMILES string of the molecule is COc1cc2c(c(OC)c1OC)-c1ccc3nc(NC(=O)c4ccccc4)nc-3cc1[C@@H](NC(C)=O)CC2. The Morgan fingerprint density at radius 3 is 2.32 bits per heavy atom. The first-order chi connectivity index (χ1) is 18.4. The van der Waals surface area contributed by atoms with E-state index in [1.807, 2.05) is 30.3 Å². The molecule has 0 radical (unpaired) electrons. The Kier molecular flexibility index (Phi) is 6.83. The van der Waals surface area contributed by atoms with E-state index in [2.05, 4.69) is 20.6 Å². The van der Waals surface area contributed by atoms with Crippen LogP contribution < -0.4 is 24.8 Å². The summed E-state index contributed by atoms with van der Waals surface area (Å²) in [5.74, 6) is 1.40. The summed E-state index contributed by atoms with van der Waals surface area (Å²) in [6.07, 6.45) is 1.32. The van der Waals surface area contributed by atoms with Gasteiger partial charge in [0.15, 0.2) is 11.5 Å². The number of rotatable bonds is 6. The number of anilines is 1. The molecule has 0 fully saturated rings. The Hall–Kier alpha value is -4.66. The number of benzene rings is 2. The topological polar surface area (TPSA) is 112 Å². The minimum atomic E-state index is -0.292. The molecule has 3 aliphatic rings. The fourth-order valence-corrected chi connectivity index (χ4v) is 4.97. The van der Waals surface area contributed by atoms with Crippen molar-refractivity contribution in [3.63, 3.8) is 0 Å². The first-order valence-electron chi connectivity index (χ1n) is 12.2. The van der Waals surface area contributed by atoms with E-state index in [9.17, 15) is 9.59 Å². The van der Waals surface area contributed by atoms with Crippen LogP contribution in [0.1, 0.15) is 40.9 Å². The average molecular weight is 513 g/mol. The maximum atomic E-state index is 12.7. The lowest BCUT2D eigenvalue weighted by atomic mass is 9.95. The van der Waals surface area contributed by atoms with Crippen LogP contribution in [-0.2, 0) is 11.2 Å². The van der Waals surface area contributed by atoms with E-state index >= 15 is 0 Å². The number of ether oxygens (including phenoxy) is 3. The number of imidazole rings is 1. The van der Waals surface area contributed by atoms with Gasteiger partial charge >= 0.3 is 0 Å². The predicted octanol–water partition coefficient (Wildman–Crippen LogP) is 4.65. The first-order valence-corrected chi connectivity index (χ1v) is 12.2. The third-order valence-corrected chi connectivity index (χ3v) is 6.62. The molecule has 9 nitrogen and oxygen atoms in total. The number of nitrogens with one attached hydrogen (secondary N) is 2. The summed E-state index contributed by atoms with van der Waals surface area (Å²) in [5.41, 5.74) is 5.31. The van der Waals surface area contributed by atoms with Crippen LogP contribution in [0.4, 0.5) is 5.95 Å². The summed E-state index contributed by atoms with van der Waals surface area (Å²) in [7, 11) is 4.76. The number of methoxy groups -OCH3 is 3. The van der Waals surface area contributed by atoms with Crippen molar-refractivity contribution in [3.8, 4) is 39.8 Å². The van der Waals surface area contributed by atoms with Gasteiger partial charge in [-0.15, -0.1) is 0 Å². The zero-order valence-corrected chi connectivity index (χ0v) is 21.6. The molecule has 38 heavy (non-hydrogen) atoms. The highest BCUT2D eigenvalue weighted by molar-refractivity contribution is 6.03. The molecule has 2 aliphatic carbocycles. The fourth-order valence-electron chi connectivity index (χ4n) is 4.97. The molecule has 5 rings (SSSR count). The second kappa shape index (κ2) is 10.4. The van der Waals surface area contributed by atoms with Gasteiger partial charge in [-0.1, -0.05) is 24.3 Å². The van der Waals surface area contributed by atoms with Crippen LogP contribution in [0.5, 0.6) is 17.2 Å². The molecule has 2 amide bonds. The quantitative estimate of drug-likeness (QED) is 0.387. The van der Waals surface area contributed by atoms with Gasteiger partial charge in [-0.25, -0.2) is 9.97 Å². The first kappa shape index (κ1) is 25.0. The predicted molar refractivity (Wildman–Crippen MR) is 143 cm³/mol. The third-order valence-electron chi connectivity index (χ3n) is 6.62. The molecule has 9 heteroatoms. The molecule has 0 aromatic heterocycles. The Balaban J connectivity index is 1.67. The van der Waals surface area contributed by atoms with E-state index < -0.39 is 0 Å². The molecule has 0 spiro atoms. The van der Waals surface area contributed by atoms with Gasteiger partial charge in [-0.2, -0.15) is 0 Å². The lowest BCUT2D eigenvalue weighted by Gasteiger charge is -2.19. The summed E-state index contributed by atoms with van der Waals surface area (Å²) in [5, 5.41) is 5.86. The van der Waals surface area contributed by atoms with Gasteiger partial charge in [0, 0.05) is 18.1 Å². The number of hydrogen-bond acceptors (Lipinski definition) is 7. The van der Waals surface area contributed by atoms with Gasteiger partial charge < -0.3 is 19.5 Å². The van der Waals surface area contributed by atoms with E-state index in [1.165, 1.54) is 6.92 Å². The smallest absolute Gasteiger partial charge is 0.258 e. The zero-order chi connectivity index (χ0) is 26.8. The molecule has 2 N–H and O–H groups in total. The van der Waals surface area contributed by atoms with Gasteiger partial charge in [0.25, 0.3) is 5.91 Å². The number of carbonyl (C=O) groups is 2. The fraction of sp³-hybridized carbons (Fsp3) is 0.241. The van der Waals surface area contributed by atoms with Gasteiger partial charge in [0.05, 0.1) is 38.8 Å². The molecule has 1 atom stereocenters. The van der Waals surface area contributed by atoms with E-state index in [0.717, 1.165) is 22.3 Å². The Morgan fingerprint density at radius 2 is 1.63 bits per heavy atom. The number of aryl methyl sites for hydroxylation is 1. The minimum Gasteiger partial charge on any atom is -0.493 e. The van der Waals surface area contributed by atoms with Crippen molar-refractivity contribution in [3.05, 3.63) is 71.3 Å². The number of fused-ring (bicyclic) bond motifs is 4. The van der Waals surface area contributed by atoms with Gasteiger partial charge in [-0.05, 0) is 59.9 Å². The highest BCUT2D eigenvalue weighted by Crippen LogP contribution is 2.50. The van der Waals surface area contributed by atoms with Crippen LogP contribution in [0.3, 0.4) is 0 Å². The van der Waals surface area contributed by atoms with E-state index in [-0.39, 0.29) is 23.8 Å². The normalized spacial score (nSPS) is 14.1. The standard InChI is InChI=1S/C29H28N4O5/c1-16(34)30-21-12-10-18-14-24(36-2)26(37-3)27(38-4)25(18)19-11-13-22-23(15-20(19)21)32-29(31-22)33-28(35)17-8-6-5-7-9-17/h5-9,11,13-15,21H,10,12H2,1-4H3,(H,30,34)(H,31,32,33,35)/t21-/m0/s1. The molecule has 2 aromatic rings. The molecule has 0 saturated carbocycles. The van der Waals surface area contributed by atoms with E-state index in [1.54, 1.807) is 45.6 Å². The maximum Gasteiger partial charge on any atom is 0.258 e. The Bertz CT molecular complexity index is 1490. The Labute approximate surface area is 220 Å². The molecular formula is C29H28N4O5. The zero-order valence-electron chi connectivity index (χ0n) is 21.6. The van der Waals surface area contributed by atoms with Crippen molar-refractivity contribution in [2.75, 3.05) is 26.6 Å². The summed E-state index contributed by atoms with van der Waals surface area (Å²) in [6, 6.07) is 16.3. The van der Waals surface area contributed by atoms with E-state index in [4.69, 9.17) is 14.2 Å². The number of hydrogen-bond donors (Lipinski definition) is 2. The van der Waals surface area contributed by atoms with Crippen molar-refractivity contribution in [2.24, 2.45) is 0 Å². The van der Waals surface area contributed by atoms with Crippen molar-refractivity contribution in [1.82, 2.24) is 15.3 Å². The highest BCUT2D eigenvalue weighted by Gasteiger charge is 2.30. The minimum absolute atomic E-state index is 0.138. The highest BCUT2D eigenvalue weighted by atomic mass is 16.5. The van der Waals surface area contributed by atoms with Crippen LogP contribution in [-0.4, -0.2) is 43.1 Å². The summed E-state index contributed by atoms with van der Waals surface area (Å²) in [6.45, 7) is 1.50. The van der Waals surface area contributed by atoms with Crippen molar-refractivity contribution < 1.29 is 23.8 Å². The number of nitrogens with zero attached hydrogens (tertiary/aromatic N) is 2. The second-order valence-electron chi connectivity index (χ2n) is 8.96. The number of amides is 2. The van der Waals surface area contributed by atoms with Crippen LogP contribution in [0.15, 0.2) is 54.6 Å².